The Morgan fingerprint density at radius 3 is 2.71 bits per heavy atom. The molecular weight excluding hydrogens is 350 g/mol. The first-order valence-corrected chi connectivity index (χ1v) is 9.90. The molecule has 1 amide bonds. The minimum absolute atomic E-state index is 0.0337. The van der Waals surface area contributed by atoms with Gasteiger partial charge in [0.2, 0.25) is 15.9 Å². The van der Waals surface area contributed by atoms with Crippen LogP contribution in [-0.4, -0.2) is 62.3 Å². The zero-order valence-corrected chi connectivity index (χ0v) is 15.2. The molecule has 24 heavy (non-hydrogen) atoms. The van der Waals surface area contributed by atoms with Gasteiger partial charge < -0.3 is 5.32 Å². The molecule has 3 rings (SSSR count). The third-order valence-corrected chi connectivity index (χ3v) is 7.49. The second-order valence-electron chi connectivity index (χ2n) is 6.51. The molecule has 2 heterocycles. The highest BCUT2D eigenvalue weighted by Crippen LogP contribution is 2.34. The second kappa shape index (κ2) is 6.63. The summed E-state index contributed by atoms with van der Waals surface area (Å²) in [5.41, 5.74) is -0.314. The number of rotatable bonds is 2. The van der Waals surface area contributed by atoms with Gasteiger partial charge in [-0.15, -0.1) is 0 Å². The molecule has 2 fully saturated rings. The maximum absolute atomic E-state index is 13.0. The first-order chi connectivity index (χ1) is 11.3. The standard InChI is InChI=1S/C16H22ClN3O3S/c1-19-10-11-20(12-16(19)7-6-15(21)18-9-8-16)24(22,23)14-5-3-2-4-13(14)17/h2-5H,6-12H2,1H3,(H,18,21). The van der Waals surface area contributed by atoms with Gasteiger partial charge in [-0.1, -0.05) is 23.7 Å². The number of likely N-dealkylation sites (N-methyl/N-ethyl adjacent to an activating group) is 1. The van der Waals surface area contributed by atoms with Gasteiger partial charge in [-0.05, 0) is 32.0 Å². The molecule has 1 aromatic rings. The summed E-state index contributed by atoms with van der Waals surface area (Å²) in [5, 5.41) is 3.12. The third kappa shape index (κ3) is 3.18. The maximum atomic E-state index is 13.0. The lowest BCUT2D eigenvalue weighted by atomic mass is 9.87. The smallest absolute Gasteiger partial charge is 0.244 e. The van der Waals surface area contributed by atoms with E-state index in [1.165, 1.54) is 4.31 Å². The van der Waals surface area contributed by atoms with Crippen LogP contribution < -0.4 is 5.32 Å². The van der Waals surface area contributed by atoms with Gasteiger partial charge >= 0.3 is 0 Å². The monoisotopic (exact) mass is 371 g/mol. The Bertz CT molecular complexity index is 740. The number of carbonyl (C=O) groups excluding carboxylic acids is 1. The van der Waals surface area contributed by atoms with Crippen molar-refractivity contribution in [3.8, 4) is 0 Å². The highest BCUT2D eigenvalue weighted by molar-refractivity contribution is 7.89. The third-order valence-electron chi connectivity index (χ3n) is 5.15. The van der Waals surface area contributed by atoms with Gasteiger partial charge in [0, 0.05) is 38.1 Å². The van der Waals surface area contributed by atoms with Gasteiger partial charge in [-0.25, -0.2) is 8.42 Å². The molecule has 0 aromatic heterocycles. The highest BCUT2D eigenvalue weighted by Gasteiger charge is 2.44. The lowest BCUT2D eigenvalue weighted by Crippen LogP contribution is -2.62. The SMILES string of the molecule is CN1CCN(S(=O)(=O)c2ccccc2Cl)CC12CCNC(=O)CC2. The highest BCUT2D eigenvalue weighted by atomic mass is 35.5. The van der Waals surface area contributed by atoms with Gasteiger partial charge in [0.25, 0.3) is 0 Å². The van der Waals surface area contributed by atoms with Crippen LogP contribution in [0.25, 0.3) is 0 Å². The van der Waals surface area contributed by atoms with E-state index >= 15 is 0 Å². The Hall–Kier alpha value is -1.15. The van der Waals surface area contributed by atoms with E-state index in [0.717, 1.165) is 6.42 Å². The molecule has 1 spiro atoms. The Morgan fingerprint density at radius 1 is 1.21 bits per heavy atom. The summed E-state index contributed by atoms with van der Waals surface area (Å²) in [6.07, 6.45) is 1.82. The van der Waals surface area contributed by atoms with Crippen LogP contribution in [0, 0.1) is 0 Å². The van der Waals surface area contributed by atoms with Gasteiger partial charge in [0.1, 0.15) is 4.90 Å². The molecule has 0 bridgehead atoms. The summed E-state index contributed by atoms with van der Waals surface area (Å²) in [6, 6.07) is 6.53. The lowest BCUT2D eigenvalue weighted by Gasteiger charge is -2.48. The minimum Gasteiger partial charge on any atom is -0.356 e. The van der Waals surface area contributed by atoms with Crippen molar-refractivity contribution < 1.29 is 13.2 Å². The number of piperazine rings is 1. The van der Waals surface area contributed by atoms with Crippen molar-refractivity contribution in [1.82, 2.24) is 14.5 Å². The van der Waals surface area contributed by atoms with E-state index < -0.39 is 10.0 Å². The van der Waals surface area contributed by atoms with E-state index in [0.29, 0.717) is 39.0 Å². The number of nitrogens with zero attached hydrogens (tertiary/aromatic N) is 2. The number of benzene rings is 1. The zero-order valence-electron chi connectivity index (χ0n) is 13.7. The number of carbonyl (C=O) groups is 1. The van der Waals surface area contributed by atoms with E-state index in [2.05, 4.69) is 10.2 Å². The molecule has 0 saturated carbocycles. The largest absolute Gasteiger partial charge is 0.356 e. The fraction of sp³-hybridized carbons (Fsp3) is 0.562. The summed E-state index contributed by atoms with van der Waals surface area (Å²) >= 11 is 6.11. The van der Waals surface area contributed by atoms with Crippen LogP contribution >= 0.6 is 11.6 Å². The van der Waals surface area contributed by atoms with Crippen molar-refractivity contribution in [3.05, 3.63) is 29.3 Å². The maximum Gasteiger partial charge on any atom is 0.244 e. The molecule has 2 aliphatic heterocycles. The van der Waals surface area contributed by atoms with E-state index in [-0.39, 0.29) is 21.4 Å². The summed E-state index contributed by atoms with van der Waals surface area (Å²) in [5.74, 6) is 0.0337. The molecule has 2 saturated heterocycles. The summed E-state index contributed by atoms with van der Waals surface area (Å²) in [4.78, 5) is 14.0. The van der Waals surface area contributed by atoms with Crippen LogP contribution in [0.3, 0.4) is 0 Å². The minimum atomic E-state index is -3.65. The molecule has 1 N–H and O–H groups in total. The van der Waals surface area contributed by atoms with Crippen LogP contribution in [0.5, 0.6) is 0 Å². The van der Waals surface area contributed by atoms with Crippen LogP contribution in [0.2, 0.25) is 5.02 Å². The van der Waals surface area contributed by atoms with Crippen molar-refractivity contribution in [3.63, 3.8) is 0 Å². The molecule has 2 aliphatic rings. The second-order valence-corrected chi connectivity index (χ2v) is 8.83. The molecule has 1 unspecified atom stereocenters. The molecule has 6 nitrogen and oxygen atoms in total. The predicted octanol–water partition coefficient (Wildman–Crippen LogP) is 1.31. The molecule has 8 heteroatoms. The van der Waals surface area contributed by atoms with Crippen molar-refractivity contribution in [2.45, 2.75) is 29.7 Å². The lowest BCUT2D eigenvalue weighted by molar-refractivity contribution is -0.121. The van der Waals surface area contributed by atoms with E-state index in [4.69, 9.17) is 11.6 Å². The topological polar surface area (TPSA) is 69.7 Å². The van der Waals surface area contributed by atoms with E-state index in [1.54, 1.807) is 24.3 Å². The number of hydrogen-bond donors (Lipinski definition) is 1. The van der Waals surface area contributed by atoms with Crippen LogP contribution in [0.4, 0.5) is 0 Å². The first-order valence-electron chi connectivity index (χ1n) is 8.08. The average molecular weight is 372 g/mol. The fourth-order valence-electron chi connectivity index (χ4n) is 3.56. The first kappa shape index (κ1) is 17.7. The zero-order chi connectivity index (χ0) is 17.4. The number of halogens is 1. The quantitative estimate of drug-likeness (QED) is 0.851. The molecule has 0 radical (unpaired) electrons. The van der Waals surface area contributed by atoms with E-state index in [1.807, 2.05) is 7.05 Å². The van der Waals surface area contributed by atoms with Gasteiger partial charge in [-0.2, -0.15) is 4.31 Å². The van der Waals surface area contributed by atoms with E-state index in [9.17, 15) is 13.2 Å². The average Bonchev–Trinajstić information content (AvgIpc) is 2.73. The van der Waals surface area contributed by atoms with Crippen molar-refractivity contribution >= 4 is 27.5 Å². The van der Waals surface area contributed by atoms with Gasteiger partial charge in [-0.3, -0.25) is 9.69 Å². The fourth-order valence-corrected chi connectivity index (χ4v) is 5.56. The summed E-state index contributed by atoms with van der Waals surface area (Å²) in [7, 11) is -1.64. The van der Waals surface area contributed by atoms with Crippen molar-refractivity contribution in [2.24, 2.45) is 0 Å². The molecular formula is C16H22ClN3O3S. The van der Waals surface area contributed by atoms with Crippen molar-refractivity contribution in [1.29, 1.82) is 0 Å². The van der Waals surface area contributed by atoms with Crippen LogP contribution in [-0.2, 0) is 14.8 Å². The van der Waals surface area contributed by atoms with Gasteiger partial charge in [0.15, 0.2) is 0 Å². The van der Waals surface area contributed by atoms with Crippen LogP contribution in [0.15, 0.2) is 29.2 Å². The Morgan fingerprint density at radius 2 is 1.96 bits per heavy atom. The number of amides is 1. The Labute approximate surface area is 147 Å². The summed E-state index contributed by atoms with van der Waals surface area (Å²) in [6.45, 7) is 2.01. The Kier molecular flexibility index (Phi) is 4.88. The number of sulfonamides is 1. The molecule has 0 aliphatic carbocycles. The van der Waals surface area contributed by atoms with Crippen LogP contribution in [0.1, 0.15) is 19.3 Å². The summed E-state index contributed by atoms with van der Waals surface area (Å²) < 4.78 is 27.6. The number of hydrogen-bond acceptors (Lipinski definition) is 4. The predicted molar refractivity (Wildman–Crippen MR) is 92.4 cm³/mol. The normalized spacial score (nSPS) is 27.0. The number of nitrogens with one attached hydrogen (secondary N) is 1. The molecule has 1 aromatic carbocycles. The van der Waals surface area contributed by atoms with Crippen molar-refractivity contribution in [2.75, 3.05) is 33.2 Å². The van der Waals surface area contributed by atoms with Gasteiger partial charge in [0.05, 0.1) is 5.02 Å². The Balaban J connectivity index is 1.90. The molecule has 1 atom stereocenters. The molecule has 132 valence electrons.